The van der Waals surface area contributed by atoms with Crippen molar-refractivity contribution in [1.82, 2.24) is 0 Å². The Morgan fingerprint density at radius 2 is 1.50 bits per heavy atom. The van der Waals surface area contributed by atoms with Crippen molar-refractivity contribution in [3.63, 3.8) is 0 Å². The van der Waals surface area contributed by atoms with Gasteiger partial charge in [0.2, 0.25) is 0 Å². The standard InChI is InChI=1S/C4H9ClSi/c1-4(2,3)6-5/h1-3H3. The molecule has 2 heteroatoms. The molecule has 0 spiro atoms. The second kappa shape index (κ2) is 1.98. The average molecular weight is 121 g/mol. The minimum absolute atomic E-state index is 0.335. The third kappa shape index (κ3) is 4.51. The molecule has 0 aromatic heterocycles. The SMILES string of the molecule is CC(C)(C)[Si]Cl. The maximum absolute atomic E-state index is 5.51. The number of hydrogen-bond acceptors (Lipinski definition) is 0. The van der Waals surface area contributed by atoms with Crippen LogP contribution in [0.15, 0.2) is 0 Å². The summed E-state index contributed by atoms with van der Waals surface area (Å²) in [4.78, 5) is 0. The van der Waals surface area contributed by atoms with E-state index in [1.165, 1.54) is 0 Å². The third-order valence-corrected chi connectivity index (χ3v) is 2.55. The van der Waals surface area contributed by atoms with Gasteiger partial charge in [0.05, 0.1) is 0 Å². The maximum atomic E-state index is 5.51. The zero-order chi connectivity index (χ0) is 5.21. The summed E-state index contributed by atoms with van der Waals surface area (Å²) in [7, 11) is 0.539. The molecule has 0 unspecified atom stereocenters. The van der Waals surface area contributed by atoms with Gasteiger partial charge in [0, 0.05) is 0 Å². The first-order chi connectivity index (χ1) is 2.56. The predicted molar refractivity (Wildman–Crippen MR) is 31.3 cm³/mol. The van der Waals surface area contributed by atoms with E-state index in [2.05, 4.69) is 20.8 Å². The van der Waals surface area contributed by atoms with Crippen LogP contribution in [0.25, 0.3) is 0 Å². The average Bonchev–Trinajstić information content (AvgIpc) is 1.35. The fraction of sp³-hybridized carbons (Fsp3) is 1.00. The van der Waals surface area contributed by atoms with E-state index in [-0.39, 0.29) is 0 Å². The second-order valence-corrected chi connectivity index (χ2v) is 4.60. The molecule has 0 aliphatic carbocycles. The lowest BCUT2D eigenvalue weighted by Crippen LogP contribution is -1.99. The van der Waals surface area contributed by atoms with Crippen molar-refractivity contribution in [1.29, 1.82) is 0 Å². The fourth-order valence-electron chi connectivity index (χ4n) is 0. The molecule has 0 aliphatic rings. The topological polar surface area (TPSA) is 0 Å². The Bertz CT molecular complexity index is 37.3. The number of rotatable bonds is 0. The van der Waals surface area contributed by atoms with Gasteiger partial charge >= 0.3 is 0 Å². The Morgan fingerprint density at radius 1 is 1.33 bits per heavy atom. The second-order valence-electron chi connectivity index (χ2n) is 2.34. The quantitative estimate of drug-likeness (QED) is 0.339. The van der Waals surface area contributed by atoms with Crippen LogP contribution in [0.5, 0.6) is 0 Å². The molecule has 0 amide bonds. The summed E-state index contributed by atoms with van der Waals surface area (Å²) in [5, 5.41) is 0.335. The summed E-state index contributed by atoms with van der Waals surface area (Å²) in [6, 6.07) is 0. The smallest absolute Gasteiger partial charge is 0.171 e. The van der Waals surface area contributed by atoms with Crippen molar-refractivity contribution in [2.45, 2.75) is 25.8 Å². The summed E-state index contributed by atoms with van der Waals surface area (Å²) in [5.74, 6) is 0. The van der Waals surface area contributed by atoms with E-state index in [4.69, 9.17) is 11.1 Å². The zero-order valence-corrected chi connectivity index (χ0v) is 6.13. The molecule has 0 aromatic rings. The molecule has 0 aromatic carbocycles. The Balaban J connectivity index is 3.17. The largest absolute Gasteiger partial charge is 0.177 e. The van der Waals surface area contributed by atoms with E-state index >= 15 is 0 Å². The lowest BCUT2D eigenvalue weighted by molar-refractivity contribution is 0.763. The molecule has 0 saturated carbocycles. The molecular weight excluding hydrogens is 112 g/mol. The van der Waals surface area contributed by atoms with Crippen LogP contribution in [0.3, 0.4) is 0 Å². The van der Waals surface area contributed by atoms with Gasteiger partial charge < -0.3 is 0 Å². The van der Waals surface area contributed by atoms with Gasteiger partial charge in [0.25, 0.3) is 0 Å². The van der Waals surface area contributed by atoms with E-state index in [0.29, 0.717) is 13.9 Å². The molecule has 6 heavy (non-hydrogen) atoms. The highest BCUT2D eigenvalue weighted by molar-refractivity contribution is 6.95. The molecule has 0 N–H and O–H groups in total. The van der Waals surface area contributed by atoms with Crippen LogP contribution in [0.1, 0.15) is 20.8 Å². The van der Waals surface area contributed by atoms with Crippen LogP contribution < -0.4 is 0 Å². The first-order valence-corrected chi connectivity index (χ1v) is 3.95. The van der Waals surface area contributed by atoms with Gasteiger partial charge in [0.15, 0.2) is 8.83 Å². The molecule has 0 aliphatic heterocycles. The van der Waals surface area contributed by atoms with E-state index in [0.717, 1.165) is 0 Å². The molecule has 0 bridgehead atoms. The molecule has 36 valence electrons. The van der Waals surface area contributed by atoms with Crippen molar-refractivity contribution < 1.29 is 0 Å². The summed E-state index contributed by atoms with van der Waals surface area (Å²) < 4.78 is 0. The van der Waals surface area contributed by atoms with Crippen LogP contribution in [0.2, 0.25) is 5.04 Å². The van der Waals surface area contributed by atoms with E-state index in [1.807, 2.05) is 0 Å². The van der Waals surface area contributed by atoms with Crippen LogP contribution >= 0.6 is 11.1 Å². The first-order valence-electron chi connectivity index (χ1n) is 1.94. The molecule has 0 saturated heterocycles. The van der Waals surface area contributed by atoms with E-state index in [9.17, 15) is 0 Å². The zero-order valence-electron chi connectivity index (χ0n) is 4.38. The van der Waals surface area contributed by atoms with E-state index < -0.39 is 0 Å². The summed E-state index contributed by atoms with van der Waals surface area (Å²) in [6.45, 7) is 6.37. The van der Waals surface area contributed by atoms with Gasteiger partial charge in [-0.25, -0.2) is 0 Å². The van der Waals surface area contributed by atoms with Crippen molar-refractivity contribution >= 4 is 19.9 Å². The Labute approximate surface area is 46.4 Å². The highest BCUT2D eigenvalue weighted by atomic mass is 35.6. The van der Waals surface area contributed by atoms with Crippen molar-refractivity contribution in [3.8, 4) is 0 Å². The molecule has 2 radical (unpaired) electrons. The van der Waals surface area contributed by atoms with Gasteiger partial charge in [-0.15, -0.1) is 0 Å². The summed E-state index contributed by atoms with van der Waals surface area (Å²) >= 11 is 5.51. The minimum Gasteiger partial charge on any atom is -0.171 e. The molecular formula is C4H9ClSi. The van der Waals surface area contributed by atoms with Gasteiger partial charge in [-0.3, -0.25) is 0 Å². The fourth-order valence-corrected chi connectivity index (χ4v) is 0. The lowest BCUT2D eigenvalue weighted by Gasteiger charge is -2.09. The Hall–Kier alpha value is 0.507. The summed E-state index contributed by atoms with van der Waals surface area (Å²) in [5.41, 5.74) is 0. The van der Waals surface area contributed by atoms with E-state index in [1.54, 1.807) is 0 Å². The Morgan fingerprint density at radius 3 is 1.50 bits per heavy atom. The monoisotopic (exact) mass is 120 g/mol. The van der Waals surface area contributed by atoms with Crippen LogP contribution in [0, 0.1) is 0 Å². The van der Waals surface area contributed by atoms with Gasteiger partial charge in [-0.05, 0) is 5.04 Å². The van der Waals surface area contributed by atoms with Gasteiger partial charge in [-0.2, -0.15) is 11.1 Å². The third-order valence-electron chi connectivity index (χ3n) is 0.283. The van der Waals surface area contributed by atoms with Gasteiger partial charge in [0.1, 0.15) is 0 Å². The normalized spacial score (nSPS) is 12.0. The minimum atomic E-state index is 0.335. The van der Waals surface area contributed by atoms with Crippen molar-refractivity contribution in [3.05, 3.63) is 0 Å². The van der Waals surface area contributed by atoms with Crippen LogP contribution in [0.4, 0.5) is 0 Å². The molecule has 0 atom stereocenters. The molecule has 0 rings (SSSR count). The summed E-state index contributed by atoms with van der Waals surface area (Å²) in [6.07, 6.45) is 0. The maximum Gasteiger partial charge on any atom is 0.177 e. The lowest BCUT2D eigenvalue weighted by atomic mass is 10.3. The van der Waals surface area contributed by atoms with Crippen molar-refractivity contribution in [2.24, 2.45) is 0 Å². The van der Waals surface area contributed by atoms with Crippen molar-refractivity contribution in [2.75, 3.05) is 0 Å². The number of halogens is 1. The number of hydrogen-bond donors (Lipinski definition) is 0. The molecule has 0 fully saturated rings. The molecule has 0 nitrogen and oxygen atoms in total. The Kier molecular flexibility index (Phi) is 2.15. The molecule has 0 heterocycles. The van der Waals surface area contributed by atoms with Crippen LogP contribution in [-0.4, -0.2) is 8.83 Å². The van der Waals surface area contributed by atoms with Crippen LogP contribution in [-0.2, 0) is 0 Å². The highest BCUT2D eigenvalue weighted by Gasteiger charge is 2.07. The predicted octanol–water partition coefficient (Wildman–Crippen LogP) is 2.06. The first kappa shape index (κ1) is 6.51. The highest BCUT2D eigenvalue weighted by Crippen LogP contribution is 2.20. The van der Waals surface area contributed by atoms with Gasteiger partial charge in [-0.1, -0.05) is 20.8 Å².